The van der Waals surface area contributed by atoms with Gasteiger partial charge < -0.3 is 9.64 Å². The van der Waals surface area contributed by atoms with E-state index in [0.717, 1.165) is 56.4 Å². The minimum atomic E-state index is -1.05. The summed E-state index contributed by atoms with van der Waals surface area (Å²) < 4.78 is 5.93. The highest BCUT2D eigenvalue weighted by Gasteiger charge is 2.60. The fraction of sp³-hybridized carbons (Fsp3) is 0.636. The van der Waals surface area contributed by atoms with Crippen molar-refractivity contribution in [2.45, 2.75) is 65.9 Å². The highest BCUT2D eigenvalue weighted by atomic mass is 16.5. The van der Waals surface area contributed by atoms with Crippen molar-refractivity contribution in [3.05, 3.63) is 29.8 Å². The van der Waals surface area contributed by atoms with Crippen molar-refractivity contribution in [2.75, 3.05) is 18.0 Å². The Morgan fingerprint density at radius 2 is 1.58 bits per heavy atom. The van der Waals surface area contributed by atoms with Gasteiger partial charge in [-0.25, -0.2) is 0 Å². The van der Waals surface area contributed by atoms with E-state index in [1.54, 1.807) is 13.8 Å². The maximum atomic E-state index is 13.4. The molecule has 1 atom stereocenters. The first-order valence-corrected chi connectivity index (χ1v) is 9.97. The highest BCUT2D eigenvalue weighted by molar-refractivity contribution is 6.08. The standard InChI is InChI=1S/C22H31NO3/c1-5-23(6-2)17-12-10-16(11-13-17)18-22(14-8-7-9-15-22)19(24)21(3,4)20(25)26-18/h10-13,18H,5-9,14-15H2,1-4H3/t18-/m1/s1. The van der Waals surface area contributed by atoms with E-state index >= 15 is 0 Å². The van der Waals surface area contributed by atoms with Gasteiger partial charge in [0, 0.05) is 18.8 Å². The topological polar surface area (TPSA) is 46.6 Å². The van der Waals surface area contributed by atoms with Crippen molar-refractivity contribution in [1.82, 2.24) is 0 Å². The summed E-state index contributed by atoms with van der Waals surface area (Å²) in [6.45, 7) is 9.60. The number of Topliss-reactive ketones (excluding diaryl/α,β-unsaturated/α-hetero) is 1. The first kappa shape index (κ1) is 18.9. The van der Waals surface area contributed by atoms with Gasteiger partial charge in [-0.05, 0) is 58.2 Å². The molecule has 1 spiro atoms. The zero-order chi connectivity index (χ0) is 18.9. The predicted molar refractivity (Wildman–Crippen MR) is 103 cm³/mol. The highest BCUT2D eigenvalue weighted by Crippen LogP contribution is 2.55. The number of anilines is 1. The number of hydrogen-bond acceptors (Lipinski definition) is 4. The third-order valence-corrected chi connectivity index (χ3v) is 6.33. The Balaban J connectivity index is 1.98. The van der Waals surface area contributed by atoms with Crippen LogP contribution in [0.2, 0.25) is 0 Å². The van der Waals surface area contributed by atoms with Crippen molar-refractivity contribution < 1.29 is 14.3 Å². The fourth-order valence-electron chi connectivity index (χ4n) is 4.71. The van der Waals surface area contributed by atoms with Crippen LogP contribution in [-0.2, 0) is 14.3 Å². The molecule has 0 amide bonds. The molecule has 0 bridgehead atoms. The maximum Gasteiger partial charge on any atom is 0.319 e. The van der Waals surface area contributed by atoms with Crippen LogP contribution < -0.4 is 4.90 Å². The number of nitrogens with zero attached hydrogens (tertiary/aromatic N) is 1. The summed E-state index contributed by atoms with van der Waals surface area (Å²) in [5, 5.41) is 0. The molecule has 1 aliphatic carbocycles. The van der Waals surface area contributed by atoms with E-state index in [2.05, 4.69) is 30.9 Å². The molecule has 1 aliphatic heterocycles. The van der Waals surface area contributed by atoms with E-state index in [4.69, 9.17) is 4.74 Å². The van der Waals surface area contributed by atoms with Crippen LogP contribution >= 0.6 is 0 Å². The lowest BCUT2D eigenvalue weighted by atomic mass is 9.59. The van der Waals surface area contributed by atoms with Crippen LogP contribution in [0.1, 0.15) is 71.5 Å². The number of ketones is 1. The summed E-state index contributed by atoms with van der Waals surface area (Å²) in [5.74, 6) is -0.324. The number of benzene rings is 1. The third kappa shape index (κ3) is 2.93. The summed E-state index contributed by atoms with van der Waals surface area (Å²) >= 11 is 0. The molecule has 0 radical (unpaired) electrons. The van der Waals surface area contributed by atoms with Crippen LogP contribution in [0.25, 0.3) is 0 Å². The van der Waals surface area contributed by atoms with E-state index < -0.39 is 22.9 Å². The molecule has 1 aromatic carbocycles. The molecule has 1 aromatic rings. The number of carbonyl (C=O) groups excluding carboxylic acids is 2. The molecule has 3 rings (SSSR count). The van der Waals surface area contributed by atoms with E-state index in [1.807, 2.05) is 12.1 Å². The second-order valence-corrected chi connectivity index (χ2v) is 8.22. The van der Waals surface area contributed by atoms with Gasteiger partial charge in [0.05, 0.1) is 5.41 Å². The van der Waals surface area contributed by atoms with Gasteiger partial charge in [0.2, 0.25) is 0 Å². The number of ether oxygens (including phenoxy) is 1. The van der Waals surface area contributed by atoms with E-state index in [9.17, 15) is 9.59 Å². The van der Waals surface area contributed by atoms with Crippen molar-refractivity contribution in [2.24, 2.45) is 10.8 Å². The molecule has 0 unspecified atom stereocenters. The zero-order valence-corrected chi connectivity index (χ0v) is 16.5. The molecule has 1 heterocycles. The van der Waals surface area contributed by atoms with E-state index in [1.165, 1.54) is 0 Å². The van der Waals surface area contributed by atoms with Crippen LogP contribution in [0.15, 0.2) is 24.3 Å². The second-order valence-electron chi connectivity index (χ2n) is 8.22. The summed E-state index contributed by atoms with van der Waals surface area (Å²) in [4.78, 5) is 28.2. The smallest absolute Gasteiger partial charge is 0.319 e. The molecule has 4 heteroatoms. The molecular weight excluding hydrogens is 326 g/mol. The van der Waals surface area contributed by atoms with Crippen LogP contribution in [0.4, 0.5) is 5.69 Å². The normalized spacial score (nSPS) is 24.4. The molecule has 26 heavy (non-hydrogen) atoms. The molecule has 0 aromatic heterocycles. The third-order valence-electron chi connectivity index (χ3n) is 6.33. The number of hydrogen-bond donors (Lipinski definition) is 0. The minimum absolute atomic E-state index is 0.0683. The summed E-state index contributed by atoms with van der Waals surface area (Å²) in [6.07, 6.45) is 4.36. The fourth-order valence-corrected chi connectivity index (χ4v) is 4.71. The number of carbonyl (C=O) groups is 2. The Morgan fingerprint density at radius 1 is 1.00 bits per heavy atom. The molecule has 2 fully saturated rings. The Morgan fingerprint density at radius 3 is 2.12 bits per heavy atom. The Kier molecular flexibility index (Phi) is 5.14. The van der Waals surface area contributed by atoms with Crippen molar-refractivity contribution >= 4 is 17.4 Å². The molecule has 1 saturated heterocycles. The molecule has 0 N–H and O–H groups in total. The lowest BCUT2D eigenvalue weighted by molar-refractivity contribution is -0.192. The van der Waals surface area contributed by atoms with Gasteiger partial charge in [-0.1, -0.05) is 31.4 Å². The lowest BCUT2D eigenvalue weighted by Gasteiger charge is -2.49. The first-order valence-electron chi connectivity index (χ1n) is 9.97. The predicted octanol–water partition coefficient (Wildman–Crippen LogP) is 4.68. The van der Waals surface area contributed by atoms with Gasteiger partial charge >= 0.3 is 5.97 Å². The molecule has 1 saturated carbocycles. The van der Waals surface area contributed by atoms with Crippen molar-refractivity contribution in [1.29, 1.82) is 0 Å². The SMILES string of the molecule is CCN(CC)c1ccc([C@H]2OC(=O)C(C)(C)C(=O)C23CCCCC3)cc1. The van der Waals surface area contributed by atoms with Gasteiger partial charge in [0.1, 0.15) is 11.5 Å². The maximum absolute atomic E-state index is 13.4. The molecule has 142 valence electrons. The van der Waals surface area contributed by atoms with Crippen molar-refractivity contribution in [3.8, 4) is 0 Å². The van der Waals surface area contributed by atoms with Gasteiger partial charge in [-0.2, -0.15) is 0 Å². The monoisotopic (exact) mass is 357 g/mol. The van der Waals surface area contributed by atoms with Gasteiger partial charge in [0.15, 0.2) is 5.78 Å². The second kappa shape index (κ2) is 7.05. The molecule has 2 aliphatic rings. The largest absolute Gasteiger partial charge is 0.456 e. The Bertz CT molecular complexity index is 667. The van der Waals surface area contributed by atoms with E-state index in [-0.39, 0.29) is 5.78 Å². The minimum Gasteiger partial charge on any atom is -0.456 e. The zero-order valence-electron chi connectivity index (χ0n) is 16.5. The van der Waals surface area contributed by atoms with Crippen LogP contribution in [-0.4, -0.2) is 24.8 Å². The summed E-state index contributed by atoms with van der Waals surface area (Å²) in [6, 6.07) is 8.23. The summed E-state index contributed by atoms with van der Waals surface area (Å²) in [5.41, 5.74) is 0.492. The van der Waals surface area contributed by atoms with Crippen LogP contribution in [0.3, 0.4) is 0 Å². The number of esters is 1. The van der Waals surface area contributed by atoms with Crippen LogP contribution in [0.5, 0.6) is 0 Å². The van der Waals surface area contributed by atoms with Gasteiger partial charge in [0.25, 0.3) is 0 Å². The van der Waals surface area contributed by atoms with E-state index in [0.29, 0.717) is 0 Å². The summed E-state index contributed by atoms with van der Waals surface area (Å²) in [7, 11) is 0. The molecule has 4 nitrogen and oxygen atoms in total. The first-order chi connectivity index (χ1) is 12.4. The lowest BCUT2D eigenvalue weighted by Crippen LogP contribution is -2.55. The quantitative estimate of drug-likeness (QED) is 0.580. The van der Waals surface area contributed by atoms with Gasteiger partial charge in [-0.15, -0.1) is 0 Å². The average molecular weight is 357 g/mol. The average Bonchev–Trinajstić information content (AvgIpc) is 2.66. The number of cyclic esters (lactones) is 1. The van der Waals surface area contributed by atoms with Crippen LogP contribution in [0, 0.1) is 10.8 Å². The molecular formula is C22H31NO3. The van der Waals surface area contributed by atoms with Gasteiger partial charge in [-0.3, -0.25) is 9.59 Å². The Hall–Kier alpha value is -1.84. The Labute approximate surface area is 156 Å². The number of rotatable bonds is 4. The van der Waals surface area contributed by atoms with Crippen molar-refractivity contribution in [3.63, 3.8) is 0 Å².